The van der Waals surface area contributed by atoms with E-state index in [1.54, 1.807) is 0 Å². The van der Waals surface area contributed by atoms with Gasteiger partial charge in [-0.1, -0.05) is 55.8 Å². The molecular weight excluding hydrogens is 236 g/mol. The van der Waals surface area contributed by atoms with Crippen LogP contribution in [0.2, 0.25) is 0 Å². The van der Waals surface area contributed by atoms with Gasteiger partial charge in [0.15, 0.2) is 0 Å². The van der Waals surface area contributed by atoms with Gasteiger partial charge in [0, 0.05) is 6.42 Å². The van der Waals surface area contributed by atoms with Crippen molar-refractivity contribution >= 4 is 12.0 Å². The van der Waals surface area contributed by atoms with E-state index in [4.69, 9.17) is 5.26 Å². The summed E-state index contributed by atoms with van der Waals surface area (Å²) in [6.07, 6.45) is 4.02. The van der Waals surface area contributed by atoms with Gasteiger partial charge >= 0.3 is 0 Å². The third-order valence-corrected chi connectivity index (χ3v) is 2.81. The van der Waals surface area contributed by atoms with Crippen LogP contribution >= 0.6 is 0 Å². The van der Waals surface area contributed by atoms with Crippen molar-refractivity contribution in [1.82, 2.24) is 5.32 Å². The van der Waals surface area contributed by atoms with E-state index < -0.39 is 6.04 Å². The molecule has 0 aromatic heterocycles. The van der Waals surface area contributed by atoms with Gasteiger partial charge in [0.1, 0.15) is 6.04 Å². The summed E-state index contributed by atoms with van der Waals surface area (Å²) in [7, 11) is 0. The summed E-state index contributed by atoms with van der Waals surface area (Å²) in [5.74, 6) is -0.00126. The fraction of sp³-hybridized carbons (Fsp3) is 0.375. The minimum atomic E-state index is -0.416. The monoisotopic (exact) mass is 256 g/mol. The van der Waals surface area contributed by atoms with Crippen molar-refractivity contribution in [1.29, 1.82) is 5.26 Å². The first-order chi connectivity index (χ1) is 9.02. The van der Waals surface area contributed by atoms with Crippen molar-refractivity contribution in [2.75, 3.05) is 0 Å². The SMILES string of the molecule is Cc1ccc(C=CCC(=O)N[C@@H](C#N)C(C)C)cc1. The van der Waals surface area contributed by atoms with Gasteiger partial charge in [-0.15, -0.1) is 0 Å². The van der Waals surface area contributed by atoms with Crippen LogP contribution in [0.5, 0.6) is 0 Å². The minimum absolute atomic E-state index is 0.120. The number of rotatable bonds is 5. The molecule has 1 rings (SSSR count). The van der Waals surface area contributed by atoms with Crippen molar-refractivity contribution in [3.05, 3.63) is 41.5 Å². The zero-order chi connectivity index (χ0) is 14.3. The third-order valence-electron chi connectivity index (χ3n) is 2.81. The summed E-state index contributed by atoms with van der Waals surface area (Å²) < 4.78 is 0. The van der Waals surface area contributed by atoms with Crippen molar-refractivity contribution < 1.29 is 4.79 Å². The minimum Gasteiger partial charge on any atom is -0.340 e. The molecule has 19 heavy (non-hydrogen) atoms. The van der Waals surface area contributed by atoms with Crippen LogP contribution in [0.1, 0.15) is 31.4 Å². The van der Waals surface area contributed by atoms with E-state index in [1.807, 2.05) is 57.2 Å². The highest BCUT2D eigenvalue weighted by molar-refractivity contribution is 5.79. The Morgan fingerprint density at radius 1 is 1.37 bits per heavy atom. The highest BCUT2D eigenvalue weighted by atomic mass is 16.1. The van der Waals surface area contributed by atoms with Crippen LogP contribution in [-0.2, 0) is 4.79 Å². The first-order valence-electron chi connectivity index (χ1n) is 6.45. The molecule has 0 saturated heterocycles. The molecule has 100 valence electrons. The molecule has 0 radical (unpaired) electrons. The molecule has 0 saturated carbocycles. The van der Waals surface area contributed by atoms with E-state index in [1.165, 1.54) is 5.56 Å². The number of nitriles is 1. The second-order valence-corrected chi connectivity index (χ2v) is 4.94. The molecule has 0 aliphatic carbocycles. The number of amides is 1. The molecule has 3 heteroatoms. The van der Waals surface area contributed by atoms with Gasteiger partial charge < -0.3 is 5.32 Å². The average Bonchev–Trinajstić information content (AvgIpc) is 2.38. The summed E-state index contributed by atoms with van der Waals surface area (Å²) in [4.78, 5) is 11.6. The maximum atomic E-state index is 11.6. The summed E-state index contributed by atoms with van der Waals surface area (Å²) in [6.45, 7) is 5.86. The Balaban J connectivity index is 2.46. The van der Waals surface area contributed by atoms with Gasteiger partial charge in [-0.2, -0.15) is 5.26 Å². The Morgan fingerprint density at radius 3 is 2.53 bits per heavy atom. The number of aryl methyl sites for hydroxylation is 1. The number of carbonyl (C=O) groups is 1. The fourth-order valence-electron chi connectivity index (χ4n) is 1.56. The molecule has 0 unspecified atom stereocenters. The lowest BCUT2D eigenvalue weighted by Gasteiger charge is -2.13. The smallest absolute Gasteiger partial charge is 0.224 e. The van der Waals surface area contributed by atoms with E-state index in [9.17, 15) is 4.79 Å². The van der Waals surface area contributed by atoms with Gasteiger partial charge in [0.2, 0.25) is 5.91 Å². The van der Waals surface area contributed by atoms with Crippen LogP contribution in [0.3, 0.4) is 0 Å². The molecule has 0 aliphatic heterocycles. The number of carbonyl (C=O) groups excluding carboxylic acids is 1. The normalized spacial score (nSPS) is 12.4. The highest BCUT2D eigenvalue weighted by Crippen LogP contribution is 2.06. The summed E-state index contributed by atoms with van der Waals surface area (Å²) in [6, 6.07) is 9.76. The number of nitrogens with zero attached hydrogens (tertiary/aromatic N) is 1. The fourth-order valence-corrected chi connectivity index (χ4v) is 1.56. The zero-order valence-electron chi connectivity index (χ0n) is 11.7. The molecule has 0 aliphatic rings. The van der Waals surface area contributed by atoms with Crippen LogP contribution in [0.4, 0.5) is 0 Å². The lowest BCUT2D eigenvalue weighted by atomic mass is 10.1. The number of nitrogens with one attached hydrogen (secondary N) is 1. The lowest BCUT2D eigenvalue weighted by molar-refractivity contribution is -0.120. The Morgan fingerprint density at radius 2 is 2.00 bits per heavy atom. The van der Waals surface area contributed by atoms with Crippen LogP contribution < -0.4 is 5.32 Å². The van der Waals surface area contributed by atoms with Gasteiger partial charge in [0.05, 0.1) is 6.07 Å². The molecule has 0 bridgehead atoms. The molecule has 1 amide bonds. The predicted molar refractivity (Wildman–Crippen MR) is 77.2 cm³/mol. The first-order valence-corrected chi connectivity index (χ1v) is 6.45. The van der Waals surface area contributed by atoms with E-state index in [0.717, 1.165) is 5.56 Å². The Bertz CT molecular complexity index is 480. The standard InChI is InChI=1S/C16H20N2O/c1-12(2)15(11-17)18-16(19)6-4-5-14-9-7-13(3)8-10-14/h4-5,7-10,12,15H,6H2,1-3H3,(H,18,19)/t15-/m0/s1. The van der Waals surface area contributed by atoms with Crippen LogP contribution in [0, 0.1) is 24.2 Å². The van der Waals surface area contributed by atoms with Gasteiger partial charge in [-0.05, 0) is 18.4 Å². The van der Waals surface area contributed by atoms with Crippen LogP contribution in [0.15, 0.2) is 30.3 Å². The largest absolute Gasteiger partial charge is 0.340 e. The summed E-state index contributed by atoms with van der Waals surface area (Å²) in [5.41, 5.74) is 2.28. The van der Waals surface area contributed by atoms with Gasteiger partial charge in [-0.3, -0.25) is 4.79 Å². The van der Waals surface area contributed by atoms with E-state index >= 15 is 0 Å². The Labute approximate surface area is 114 Å². The number of hydrogen-bond donors (Lipinski definition) is 1. The third kappa shape index (κ3) is 5.39. The van der Waals surface area contributed by atoms with Crippen molar-refractivity contribution in [2.24, 2.45) is 5.92 Å². The quantitative estimate of drug-likeness (QED) is 0.880. The first kappa shape index (κ1) is 15.0. The number of hydrogen-bond acceptors (Lipinski definition) is 2. The molecule has 0 spiro atoms. The van der Waals surface area contributed by atoms with Gasteiger partial charge in [0.25, 0.3) is 0 Å². The van der Waals surface area contributed by atoms with Crippen molar-refractivity contribution in [3.63, 3.8) is 0 Å². The lowest BCUT2D eigenvalue weighted by Crippen LogP contribution is -2.36. The molecule has 1 N–H and O–H groups in total. The predicted octanol–water partition coefficient (Wildman–Crippen LogP) is 3.06. The summed E-state index contributed by atoms with van der Waals surface area (Å²) >= 11 is 0. The van der Waals surface area contributed by atoms with Crippen LogP contribution in [-0.4, -0.2) is 11.9 Å². The number of benzene rings is 1. The molecule has 0 fully saturated rings. The van der Waals surface area contributed by atoms with E-state index in [0.29, 0.717) is 6.42 Å². The highest BCUT2D eigenvalue weighted by Gasteiger charge is 2.13. The maximum absolute atomic E-state index is 11.6. The molecule has 0 heterocycles. The van der Waals surface area contributed by atoms with Crippen molar-refractivity contribution in [2.45, 2.75) is 33.2 Å². The molecule has 1 atom stereocenters. The Kier molecular flexibility index (Phi) is 5.81. The van der Waals surface area contributed by atoms with E-state index in [-0.39, 0.29) is 11.8 Å². The van der Waals surface area contributed by atoms with E-state index in [2.05, 4.69) is 11.4 Å². The molecular formula is C16H20N2O. The molecule has 1 aromatic rings. The van der Waals surface area contributed by atoms with Crippen LogP contribution in [0.25, 0.3) is 6.08 Å². The topological polar surface area (TPSA) is 52.9 Å². The Hall–Kier alpha value is -2.08. The molecule has 3 nitrogen and oxygen atoms in total. The average molecular weight is 256 g/mol. The second-order valence-electron chi connectivity index (χ2n) is 4.94. The second kappa shape index (κ2) is 7.38. The maximum Gasteiger partial charge on any atom is 0.224 e. The summed E-state index contributed by atoms with van der Waals surface area (Å²) in [5, 5.41) is 11.6. The van der Waals surface area contributed by atoms with Crippen molar-refractivity contribution in [3.8, 4) is 6.07 Å². The molecule has 1 aromatic carbocycles. The van der Waals surface area contributed by atoms with Gasteiger partial charge in [-0.25, -0.2) is 0 Å². The zero-order valence-corrected chi connectivity index (χ0v) is 11.7.